The maximum absolute atomic E-state index is 11.2. The number of anilines is 1. The highest BCUT2D eigenvalue weighted by Crippen LogP contribution is 2.13. The molecule has 0 saturated carbocycles. The summed E-state index contributed by atoms with van der Waals surface area (Å²) >= 11 is 3.12. The smallest absolute Gasteiger partial charge is 0.267 e. The van der Waals surface area contributed by atoms with Crippen molar-refractivity contribution in [2.75, 3.05) is 18.1 Å². The summed E-state index contributed by atoms with van der Waals surface area (Å²) in [5.41, 5.74) is -0.238. The van der Waals surface area contributed by atoms with Gasteiger partial charge >= 0.3 is 0 Å². The Kier molecular flexibility index (Phi) is 4.46. The third-order valence-electron chi connectivity index (χ3n) is 1.92. The monoisotopic (exact) mass is 293 g/mol. The Bertz CT molecular complexity index is 421. The van der Waals surface area contributed by atoms with Gasteiger partial charge in [-0.3, -0.25) is 9.00 Å². The van der Waals surface area contributed by atoms with E-state index in [1.165, 1.54) is 6.33 Å². The van der Waals surface area contributed by atoms with Gasteiger partial charge in [0.1, 0.15) is 10.3 Å². The molecular weight excluding hydrogens is 282 g/mol. The number of halogens is 1. The van der Waals surface area contributed by atoms with Crippen LogP contribution in [0.5, 0.6) is 0 Å². The highest BCUT2D eigenvalue weighted by Gasteiger charge is 2.09. The average Bonchev–Trinajstić information content (AvgIpc) is 2.19. The number of aromatic amines is 1. The summed E-state index contributed by atoms with van der Waals surface area (Å²) in [6.07, 6.45) is 2.97. The molecule has 1 rings (SSSR count). The first kappa shape index (κ1) is 12.4. The number of hydrogen-bond acceptors (Lipinski definition) is 4. The second-order valence-electron chi connectivity index (χ2n) is 3.08. The van der Waals surface area contributed by atoms with Crippen LogP contribution in [0, 0.1) is 0 Å². The van der Waals surface area contributed by atoms with Crippen molar-refractivity contribution in [2.45, 2.75) is 12.2 Å². The lowest BCUT2D eigenvalue weighted by atomic mass is 10.4. The Morgan fingerprint density at radius 1 is 1.73 bits per heavy atom. The molecule has 0 bridgehead atoms. The summed E-state index contributed by atoms with van der Waals surface area (Å²) in [4.78, 5) is 17.6. The van der Waals surface area contributed by atoms with E-state index in [4.69, 9.17) is 0 Å². The van der Waals surface area contributed by atoms with Crippen LogP contribution in [-0.2, 0) is 10.8 Å². The van der Waals surface area contributed by atoms with E-state index in [9.17, 15) is 9.00 Å². The number of hydrogen-bond donors (Lipinski definition) is 2. The van der Waals surface area contributed by atoms with Crippen LogP contribution < -0.4 is 10.9 Å². The van der Waals surface area contributed by atoms with Crippen LogP contribution in [0.1, 0.15) is 6.92 Å². The zero-order valence-electron chi connectivity index (χ0n) is 8.41. The largest absolute Gasteiger partial charge is 0.368 e. The van der Waals surface area contributed by atoms with E-state index in [0.717, 1.165) is 0 Å². The van der Waals surface area contributed by atoms with Gasteiger partial charge in [-0.2, -0.15) is 0 Å². The summed E-state index contributed by atoms with van der Waals surface area (Å²) in [6.45, 7) is 2.38. The van der Waals surface area contributed by atoms with E-state index in [1.807, 2.05) is 6.92 Å². The van der Waals surface area contributed by atoms with E-state index in [2.05, 4.69) is 31.2 Å². The Balaban J connectivity index is 2.70. The normalized spacial score (nSPS) is 14.6. The second-order valence-corrected chi connectivity index (χ2v) is 5.68. The number of aromatic nitrogens is 2. The molecule has 0 radical (unpaired) electrons. The van der Waals surface area contributed by atoms with Gasteiger partial charge in [0.2, 0.25) is 0 Å². The summed E-state index contributed by atoms with van der Waals surface area (Å²) in [6, 6.07) is 0. The zero-order chi connectivity index (χ0) is 11.4. The van der Waals surface area contributed by atoms with Crippen LogP contribution >= 0.6 is 15.9 Å². The van der Waals surface area contributed by atoms with E-state index < -0.39 is 10.8 Å². The molecule has 2 atom stereocenters. The minimum absolute atomic E-state index is 0.0120. The topological polar surface area (TPSA) is 74.8 Å². The highest BCUT2D eigenvalue weighted by atomic mass is 79.9. The predicted octanol–water partition coefficient (Wildman–Crippen LogP) is 0.711. The van der Waals surface area contributed by atoms with Gasteiger partial charge in [-0.05, 0) is 22.9 Å². The molecule has 0 saturated heterocycles. The SMILES string of the molecule is CC(CNc1nc[nH]c(=O)c1Br)S(C)=O. The lowest BCUT2D eigenvalue weighted by Gasteiger charge is -2.10. The van der Waals surface area contributed by atoms with Gasteiger partial charge < -0.3 is 10.3 Å². The zero-order valence-corrected chi connectivity index (χ0v) is 10.8. The molecule has 1 aromatic rings. The van der Waals surface area contributed by atoms with Crippen LogP contribution in [-0.4, -0.2) is 32.2 Å². The summed E-state index contributed by atoms with van der Waals surface area (Å²) in [5, 5.41) is 2.98. The van der Waals surface area contributed by atoms with Crippen molar-refractivity contribution in [3.63, 3.8) is 0 Å². The van der Waals surface area contributed by atoms with E-state index in [1.54, 1.807) is 6.26 Å². The van der Waals surface area contributed by atoms with Crippen LogP contribution in [0.3, 0.4) is 0 Å². The minimum atomic E-state index is -0.887. The van der Waals surface area contributed by atoms with Crippen LogP contribution in [0.15, 0.2) is 15.6 Å². The van der Waals surface area contributed by atoms with Gasteiger partial charge in [-0.1, -0.05) is 0 Å². The average molecular weight is 294 g/mol. The van der Waals surface area contributed by atoms with Crippen molar-refractivity contribution < 1.29 is 4.21 Å². The molecule has 0 aliphatic rings. The standard InChI is InChI=1S/C8H12BrN3O2S/c1-5(15(2)14)3-10-7-6(9)8(13)12-4-11-7/h4-5H,3H2,1-2H3,(H2,10,11,12,13). The molecule has 1 aromatic heterocycles. The second kappa shape index (κ2) is 5.41. The number of nitrogens with zero attached hydrogens (tertiary/aromatic N) is 1. The Labute approximate surface area is 98.3 Å². The summed E-state index contributed by atoms with van der Waals surface area (Å²) < 4.78 is 11.4. The van der Waals surface area contributed by atoms with Gasteiger partial charge in [0.05, 0.1) is 6.33 Å². The fraction of sp³-hybridized carbons (Fsp3) is 0.500. The van der Waals surface area contributed by atoms with Crippen LogP contribution in [0.25, 0.3) is 0 Å². The number of H-pyrrole nitrogens is 1. The van der Waals surface area contributed by atoms with Crippen molar-refractivity contribution in [2.24, 2.45) is 0 Å². The van der Waals surface area contributed by atoms with E-state index in [0.29, 0.717) is 16.8 Å². The third kappa shape index (κ3) is 3.42. The lowest BCUT2D eigenvalue weighted by Crippen LogP contribution is -2.22. The van der Waals surface area contributed by atoms with Crippen molar-refractivity contribution in [3.8, 4) is 0 Å². The maximum atomic E-state index is 11.2. The van der Waals surface area contributed by atoms with Crippen molar-refractivity contribution in [3.05, 3.63) is 21.2 Å². The third-order valence-corrected chi connectivity index (χ3v) is 3.96. The highest BCUT2D eigenvalue weighted by molar-refractivity contribution is 9.10. The molecule has 15 heavy (non-hydrogen) atoms. The predicted molar refractivity (Wildman–Crippen MR) is 64.6 cm³/mol. The van der Waals surface area contributed by atoms with Crippen molar-refractivity contribution >= 4 is 32.5 Å². The number of nitrogens with one attached hydrogen (secondary N) is 2. The lowest BCUT2D eigenvalue weighted by molar-refractivity contribution is 0.678. The van der Waals surface area contributed by atoms with E-state index >= 15 is 0 Å². The van der Waals surface area contributed by atoms with E-state index in [-0.39, 0.29) is 10.8 Å². The molecular formula is C8H12BrN3O2S. The quantitative estimate of drug-likeness (QED) is 0.857. The molecule has 5 nitrogen and oxygen atoms in total. The molecule has 0 spiro atoms. The summed E-state index contributed by atoms with van der Waals surface area (Å²) in [7, 11) is -0.887. The van der Waals surface area contributed by atoms with Crippen molar-refractivity contribution in [1.29, 1.82) is 0 Å². The summed E-state index contributed by atoms with van der Waals surface area (Å²) in [5.74, 6) is 0.469. The van der Waals surface area contributed by atoms with Crippen LogP contribution in [0.4, 0.5) is 5.82 Å². The van der Waals surface area contributed by atoms with Gasteiger partial charge in [0.25, 0.3) is 5.56 Å². The van der Waals surface area contributed by atoms with Crippen LogP contribution in [0.2, 0.25) is 0 Å². The molecule has 0 amide bonds. The minimum Gasteiger partial charge on any atom is -0.368 e. The molecule has 2 N–H and O–H groups in total. The van der Waals surface area contributed by atoms with Gasteiger partial charge in [0, 0.05) is 28.9 Å². The molecule has 0 aliphatic carbocycles. The first-order chi connectivity index (χ1) is 7.02. The maximum Gasteiger partial charge on any atom is 0.267 e. The van der Waals surface area contributed by atoms with Gasteiger partial charge in [0.15, 0.2) is 0 Å². The molecule has 0 aromatic carbocycles. The van der Waals surface area contributed by atoms with Gasteiger partial charge in [-0.25, -0.2) is 4.98 Å². The molecule has 0 aliphatic heterocycles. The Hall–Kier alpha value is -0.690. The fourth-order valence-electron chi connectivity index (χ4n) is 0.864. The number of rotatable bonds is 4. The molecule has 84 valence electrons. The Morgan fingerprint density at radius 3 is 3.00 bits per heavy atom. The van der Waals surface area contributed by atoms with Crippen molar-refractivity contribution in [1.82, 2.24) is 9.97 Å². The molecule has 0 fully saturated rings. The van der Waals surface area contributed by atoms with Gasteiger partial charge in [-0.15, -0.1) is 0 Å². The molecule has 7 heteroatoms. The molecule has 1 heterocycles. The molecule has 2 unspecified atom stereocenters. The fourth-order valence-corrected chi connectivity index (χ4v) is 1.54. The Morgan fingerprint density at radius 2 is 2.40 bits per heavy atom. The first-order valence-electron chi connectivity index (χ1n) is 4.31. The first-order valence-corrected chi connectivity index (χ1v) is 6.73.